The first-order chi connectivity index (χ1) is 9.86. The van der Waals surface area contributed by atoms with E-state index in [-0.39, 0.29) is 4.90 Å². The predicted octanol–water partition coefficient (Wildman–Crippen LogP) is 3.94. The molecule has 0 fully saturated rings. The second-order valence-corrected chi connectivity index (χ2v) is 7.48. The first kappa shape index (κ1) is 16.1. The first-order valence-electron chi connectivity index (χ1n) is 5.94. The predicted molar refractivity (Wildman–Crippen MR) is 87.7 cm³/mol. The molecule has 0 radical (unpaired) electrons. The SMILES string of the molecule is COc1ccc(S(=O)(=O)N(C)c2ccc(Br)c(Cl)c2)cc1. The van der Waals surface area contributed by atoms with Crippen LogP contribution < -0.4 is 9.04 Å². The summed E-state index contributed by atoms with van der Waals surface area (Å²) in [6.45, 7) is 0. The van der Waals surface area contributed by atoms with E-state index in [0.717, 1.165) is 0 Å². The van der Waals surface area contributed by atoms with Gasteiger partial charge in [0.05, 0.1) is 22.7 Å². The largest absolute Gasteiger partial charge is 0.497 e. The minimum atomic E-state index is -3.64. The number of rotatable bonds is 4. The Hall–Kier alpha value is -1.24. The van der Waals surface area contributed by atoms with Crippen molar-refractivity contribution >= 4 is 43.2 Å². The molecule has 0 aliphatic carbocycles. The van der Waals surface area contributed by atoms with E-state index >= 15 is 0 Å². The van der Waals surface area contributed by atoms with Gasteiger partial charge in [0.2, 0.25) is 0 Å². The number of anilines is 1. The molecule has 0 aliphatic rings. The highest BCUT2D eigenvalue weighted by Gasteiger charge is 2.21. The first-order valence-corrected chi connectivity index (χ1v) is 8.55. The molecule has 0 spiro atoms. The smallest absolute Gasteiger partial charge is 0.264 e. The summed E-state index contributed by atoms with van der Waals surface area (Å²) >= 11 is 9.28. The molecule has 4 nitrogen and oxygen atoms in total. The number of nitrogens with zero attached hydrogens (tertiary/aromatic N) is 1. The molecule has 0 aliphatic heterocycles. The number of halogens is 2. The maximum absolute atomic E-state index is 12.6. The van der Waals surface area contributed by atoms with E-state index in [1.807, 2.05) is 0 Å². The van der Waals surface area contributed by atoms with Crippen LogP contribution in [-0.4, -0.2) is 22.6 Å². The van der Waals surface area contributed by atoms with E-state index in [1.165, 1.54) is 30.6 Å². The summed E-state index contributed by atoms with van der Waals surface area (Å²) < 4.78 is 32.0. The third-order valence-electron chi connectivity index (χ3n) is 2.98. The summed E-state index contributed by atoms with van der Waals surface area (Å²) in [5, 5.41) is 0.448. The Kier molecular flexibility index (Phi) is 4.81. The van der Waals surface area contributed by atoms with Crippen molar-refractivity contribution in [1.29, 1.82) is 0 Å². The van der Waals surface area contributed by atoms with E-state index in [1.54, 1.807) is 30.3 Å². The lowest BCUT2D eigenvalue weighted by Crippen LogP contribution is -2.26. The minimum absolute atomic E-state index is 0.185. The van der Waals surface area contributed by atoms with Gasteiger partial charge in [0.1, 0.15) is 5.75 Å². The summed E-state index contributed by atoms with van der Waals surface area (Å²) in [4.78, 5) is 0.185. The third kappa shape index (κ3) is 3.33. The minimum Gasteiger partial charge on any atom is -0.497 e. The lowest BCUT2D eigenvalue weighted by atomic mass is 10.3. The summed E-state index contributed by atoms with van der Waals surface area (Å²) in [6.07, 6.45) is 0. The van der Waals surface area contributed by atoms with Crippen molar-refractivity contribution in [2.45, 2.75) is 4.90 Å². The number of hydrogen-bond donors (Lipinski definition) is 0. The third-order valence-corrected chi connectivity index (χ3v) is 6.02. The average molecular weight is 391 g/mol. The van der Waals surface area contributed by atoms with Crippen LogP contribution in [0.3, 0.4) is 0 Å². The van der Waals surface area contributed by atoms with Crippen molar-refractivity contribution in [2.75, 3.05) is 18.5 Å². The van der Waals surface area contributed by atoms with Gasteiger partial charge in [-0.05, 0) is 58.4 Å². The maximum Gasteiger partial charge on any atom is 0.264 e. The molecular weight excluding hydrogens is 378 g/mol. The van der Waals surface area contributed by atoms with Gasteiger partial charge < -0.3 is 4.74 Å². The van der Waals surface area contributed by atoms with Crippen LogP contribution in [0.1, 0.15) is 0 Å². The lowest BCUT2D eigenvalue weighted by molar-refractivity contribution is 0.414. The monoisotopic (exact) mass is 389 g/mol. The molecule has 0 N–H and O–H groups in total. The zero-order valence-corrected chi connectivity index (χ0v) is 14.5. The molecular formula is C14H13BrClNO3S. The zero-order valence-electron chi connectivity index (χ0n) is 11.4. The van der Waals surface area contributed by atoms with Gasteiger partial charge in [-0.15, -0.1) is 0 Å². The number of methoxy groups -OCH3 is 1. The van der Waals surface area contributed by atoms with Crippen LogP contribution in [0.2, 0.25) is 5.02 Å². The van der Waals surface area contributed by atoms with Crippen molar-refractivity contribution in [1.82, 2.24) is 0 Å². The van der Waals surface area contributed by atoms with Gasteiger partial charge in [0, 0.05) is 11.5 Å². The number of ether oxygens (including phenoxy) is 1. The normalized spacial score (nSPS) is 11.2. The van der Waals surface area contributed by atoms with Gasteiger partial charge in [0.25, 0.3) is 10.0 Å². The molecule has 0 heterocycles. The van der Waals surface area contributed by atoms with Gasteiger partial charge in [-0.1, -0.05) is 11.6 Å². The highest BCUT2D eigenvalue weighted by atomic mass is 79.9. The molecule has 21 heavy (non-hydrogen) atoms. The highest BCUT2D eigenvalue weighted by molar-refractivity contribution is 9.10. The Morgan fingerprint density at radius 1 is 1.14 bits per heavy atom. The average Bonchev–Trinajstić information content (AvgIpc) is 2.49. The van der Waals surface area contributed by atoms with Crippen molar-refractivity contribution in [3.05, 3.63) is 52.0 Å². The van der Waals surface area contributed by atoms with Gasteiger partial charge >= 0.3 is 0 Å². The van der Waals surface area contributed by atoms with Crippen LogP contribution in [0.5, 0.6) is 5.75 Å². The van der Waals surface area contributed by atoms with E-state index < -0.39 is 10.0 Å². The number of benzene rings is 2. The van der Waals surface area contributed by atoms with Crippen LogP contribution in [0.4, 0.5) is 5.69 Å². The molecule has 0 saturated carbocycles. The Morgan fingerprint density at radius 3 is 2.29 bits per heavy atom. The summed E-state index contributed by atoms with van der Waals surface area (Å²) in [5.41, 5.74) is 0.485. The van der Waals surface area contributed by atoms with Crippen molar-refractivity contribution in [2.24, 2.45) is 0 Å². The summed E-state index contributed by atoms with van der Waals surface area (Å²) in [6, 6.07) is 11.2. The van der Waals surface area contributed by atoms with Crippen molar-refractivity contribution in [3.8, 4) is 5.75 Å². The quantitative estimate of drug-likeness (QED) is 0.794. The van der Waals surface area contributed by atoms with Crippen LogP contribution in [0.25, 0.3) is 0 Å². The standard InChI is InChI=1S/C14H13BrClNO3S/c1-17(10-3-8-13(15)14(16)9-10)21(18,19)12-6-4-11(20-2)5-7-12/h3-9H,1-2H3. The van der Waals surface area contributed by atoms with Gasteiger partial charge in [0.15, 0.2) is 0 Å². The molecule has 2 aromatic carbocycles. The highest BCUT2D eigenvalue weighted by Crippen LogP contribution is 2.30. The molecule has 0 aromatic heterocycles. The Morgan fingerprint density at radius 2 is 1.76 bits per heavy atom. The van der Waals surface area contributed by atoms with E-state index in [4.69, 9.17) is 16.3 Å². The van der Waals surface area contributed by atoms with Crippen LogP contribution in [0.15, 0.2) is 51.8 Å². The molecule has 0 saturated heterocycles. The van der Waals surface area contributed by atoms with Gasteiger partial charge in [-0.25, -0.2) is 8.42 Å². The lowest BCUT2D eigenvalue weighted by Gasteiger charge is -2.20. The van der Waals surface area contributed by atoms with Crippen LogP contribution in [-0.2, 0) is 10.0 Å². The molecule has 0 unspecified atom stereocenters. The summed E-state index contributed by atoms with van der Waals surface area (Å²) in [7, 11) is -0.630. The Labute approximate surface area is 137 Å². The molecule has 2 rings (SSSR count). The fourth-order valence-electron chi connectivity index (χ4n) is 1.73. The fourth-order valence-corrected chi connectivity index (χ4v) is 3.33. The molecule has 2 aromatic rings. The van der Waals surface area contributed by atoms with E-state index in [2.05, 4.69) is 15.9 Å². The van der Waals surface area contributed by atoms with Crippen LogP contribution >= 0.6 is 27.5 Å². The molecule has 0 amide bonds. The summed E-state index contributed by atoms with van der Waals surface area (Å²) in [5.74, 6) is 0.600. The molecule has 7 heteroatoms. The topological polar surface area (TPSA) is 46.6 Å². The Bertz CT molecular complexity index is 747. The second-order valence-electron chi connectivity index (χ2n) is 4.25. The van der Waals surface area contributed by atoms with Crippen molar-refractivity contribution < 1.29 is 13.2 Å². The molecule has 0 atom stereocenters. The zero-order chi connectivity index (χ0) is 15.6. The molecule has 112 valence electrons. The van der Waals surface area contributed by atoms with Gasteiger partial charge in [-0.3, -0.25) is 4.31 Å². The fraction of sp³-hybridized carbons (Fsp3) is 0.143. The maximum atomic E-state index is 12.6. The number of sulfonamides is 1. The number of hydrogen-bond acceptors (Lipinski definition) is 3. The van der Waals surface area contributed by atoms with E-state index in [0.29, 0.717) is 20.9 Å². The van der Waals surface area contributed by atoms with E-state index in [9.17, 15) is 8.42 Å². The Balaban J connectivity index is 2.39. The van der Waals surface area contributed by atoms with Gasteiger partial charge in [-0.2, -0.15) is 0 Å². The van der Waals surface area contributed by atoms with Crippen molar-refractivity contribution in [3.63, 3.8) is 0 Å². The van der Waals surface area contributed by atoms with Crippen LogP contribution in [0, 0.1) is 0 Å². The molecule has 0 bridgehead atoms. The second kappa shape index (κ2) is 6.25.